The minimum atomic E-state index is -0.327. The van der Waals surface area contributed by atoms with Crippen molar-refractivity contribution in [1.29, 1.82) is 0 Å². The molecule has 0 saturated carbocycles. The summed E-state index contributed by atoms with van der Waals surface area (Å²) in [4.78, 5) is 51.8. The van der Waals surface area contributed by atoms with Crippen LogP contribution in [0.4, 0.5) is 5.69 Å². The predicted molar refractivity (Wildman–Crippen MR) is 100 cm³/mol. The minimum absolute atomic E-state index is 0.0445. The molecule has 0 unspecified atom stereocenters. The van der Waals surface area contributed by atoms with Gasteiger partial charge in [-0.3, -0.25) is 24.1 Å². The van der Waals surface area contributed by atoms with Crippen LogP contribution in [0.3, 0.4) is 0 Å². The molecule has 2 aliphatic rings. The van der Waals surface area contributed by atoms with Crippen molar-refractivity contribution in [2.24, 2.45) is 5.92 Å². The Morgan fingerprint density at radius 1 is 1.21 bits per heavy atom. The van der Waals surface area contributed by atoms with Crippen LogP contribution in [0, 0.1) is 5.92 Å². The second-order valence-electron chi connectivity index (χ2n) is 6.91. The minimum Gasteiger partial charge on any atom is -0.482 e. The van der Waals surface area contributed by atoms with Crippen molar-refractivity contribution in [3.63, 3.8) is 0 Å². The van der Waals surface area contributed by atoms with E-state index in [0.29, 0.717) is 49.4 Å². The molecule has 0 N–H and O–H groups in total. The number of likely N-dealkylation sites (tertiary alicyclic amines) is 1. The molecule has 28 heavy (non-hydrogen) atoms. The molecule has 2 aliphatic heterocycles. The van der Waals surface area contributed by atoms with Crippen molar-refractivity contribution < 1.29 is 28.7 Å². The summed E-state index contributed by atoms with van der Waals surface area (Å²) in [7, 11) is 1.36. The van der Waals surface area contributed by atoms with E-state index in [0.717, 1.165) is 0 Å². The van der Waals surface area contributed by atoms with Gasteiger partial charge >= 0.3 is 5.97 Å². The Morgan fingerprint density at radius 3 is 2.57 bits per heavy atom. The predicted octanol–water partition coefficient (Wildman–Crippen LogP) is 1.42. The van der Waals surface area contributed by atoms with Crippen LogP contribution in [0.5, 0.6) is 5.75 Å². The Hall–Kier alpha value is -2.90. The van der Waals surface area contributed by atoms with E-state index in [-0.39, 0.29) is 42.6 Å². The van der Waals surface area contributed by atoms with Crippen LogP contribution in [-0.2, 0) is 19.1 Å². The monoisotopic (exact) mass is 388 g/mol. The molecule has 2 amide bonds. The molecule has 3 rings (SSSR count). The third-order valence-electron chi connectivity index (χ3n) is 5.22. The summed E-state index contributed by atoms with van der Waals surface area (Å²) >= 11 is 0. The van der Waals surface area contributed by atoms with Gasteiger partial charge in [0, 0.05) is 25.1 Å². The van der Waals surface area contributed by atoms with E-state index in [9.17, 15) is 19.2 Å². The quantitative estimate of drug-likeness (QED) is 0.559. The Bertz CT molecular complexity index is 798. The first-order chi connectivity index (χ1) is 13.4. The van der Waals surface area contributed by atoms with E-state index >= 15 is 0 Å². The molecule has 1 aromatic rings. The summed E-state index contributed by atoms with van der Waals surface area (Å²) in [5.41, 5.74) is 0.921. The number of Topliss-reactive ketones (excluding diaryl/α,β-unsaturated/α-hetero) is 1. The number of hydrogen-bond donors (Lipinski definition) is 0. The summed E-state index contributed by atoms with van der Waals surface area (Å²) in [6.45, 7) is 2.38. The third kappa shape index (κ3) is 4.00. The van der Waals surface area contributed by atoms with Crippen LogP contribution < -0.4 is 9.64 Å². The Balaban J connectivity index is 1.72. The topological polar surface area (TPSA) is 93.2 Å². The molecule has 8 heteroatoms. The lowest BCUT2D eigenvalue weighted by molar-refractivity contribution is -0.148. The molecule has 1 saturated heterocycles. The van der Waals surface area contributed by atoms with Crippen molar-refractivity contribution in [2.75, 3.05) is 38.3 Å². The van der Waals surface area contributed by atoms with E-state index in [4.69, 9.17) is 9.47 Å². The SMILES string of the molecule is CCC(=O)c1ccc2c(c1)N(CC(=O)N1CCC(C(=O)OC)CC1)C(=O)CO2. The van der Waals surface area contributed by atoms with E-state index in [2.05, 4.69) is 0 Å². The number of fused-ring (bicyclic) bond motifs is 1. The number of carbonyl (C=O) groups is 4. The van der Waals surface area contributed by atoms with E-state index < -0.39 is 0 Å². The van der Waals surface area contributed by atoms with Crippen molar-refractivity contribution in [2.45, 2.75) is 26.2 Å². The Labute approximate surface area is 163 Å². The molecule has 0 radical (unpaired) electrons. The number of ketones is 1. The van der Waals surface area contributed by atoms with Crippen molar-refractivity contribution >= 4 is 29.3 Å². The van der Waals surface area contributed by atoms with Gasteiger partial charge in [-0.15, -0.1) is 0 Å². The van der Waals surface area contributed by atoms with Crippen molar-refractivity contribution in [3.05, 3.63) is 23.8 Å². The summed E-state index contributed by atoms with van der Waals surface area (Å²) < 4.78 is 10.2. The maximum absolute atomic E-state index is 12.8. The molecule has 0 aromatic heterocycles. The molecule has 0 bridgehead atoms. The van der Waals surface area contributed by atoms with Gasteiger partial charge in [0.15, 0.2) is 12.4 Å². The van der Waals surface area contributed by atoms with Gasteiger partial charge in [-0.05, 0) is 31.0 Å². The van der Waals surface area contributed by atoms with E-state index in [1.165, 1.54) is 12.0 Å². The van der Waals surface area contributed by atoms with Gasteiger partial charge in [0.1, 0.15) is 12.3 Å². The number of amides is 2. The molecule has 0 aliphatic carbocycles. The maximum Gasteiger partial charge on any atom is 0.308 e. The van der Waals surface area contributed by atoms with Crippen LogP contribution >= 0.6 is 0 Å². The summed E-state index contributed by atoms with van der Waals surface area (Å²) in [5, 5.41) is 0. The second kappa shape index (κ2) is 8.41. The average molecular weight is 388 g/mol. The zero-order valence-corrected chi connectivity index (χ0v) is 16.1. The molecule has 8 nitrogen and oxygen atoms in total. The van der Waals surface area contributed by atoms with Crippen LogP contribution in [0.15, 0.2) is 18.2 Å². The van der Waals surface area contributed by atoms with E-state index in [1.54, 1.807) is 30.0 Å². The lowest BCUT2D eigenvalue weighted by atomic mass is 9.97. The largest absolute Gasteiger partial charge is 0.482 e. The van der Waals surface area contributed by atoms with Gasteiger partial charge in [0.25, 0.3) is 5.91 Å². The van der Waals surface area contributed by atoms with Crippen LogP contribution in [0.1, 0.15) is 36.5 Å². The molecule has 0 atom stereocenters. The van der Waals surface area contributed by atoms with Gasteiger partial charge in [0.05, 0.1) is 18.7 Å². The first kappa shape index (κ1) is 19.9. The molecular formula is C20H24N2O6. The van der Waals surface area contributed by atoms with Crippen LogP contribution in [-0.4, -0.2) is 61.8 Å². The van der Waals surface area contributed by atoms with Crippen molar-refractivity contribution in [1.82, 2.24) is 4.90 Å². The van der Waals surface area contributed by atoms with Gasteiger partial charge < -0.3 is 14.4 Å². The summed E-state index contributed by atoms with van der Waals surface area (Å²) in [5.74, 6) is -0.538. The number of piperidine rings is 1. The van der Waals surface area contributed by atoms with Crippen molar-refractivity contribution in [3.8, 4) is 5.75 Å². The fourth-order valence-corrected chi connectivity index (χ4v) is 3.52. The number of carbonyl (C=O) groups excluding carboxylic acids is 4. The molecule has 0 spiro atoms. The molecule has 1 fully saturated rings. The molecular weight excluding hydrogens is 364 g/mol. The normalized spacial score (nSPS) is 17.0. The third-order valence-corrected chi connectivity index (χ3v) is 5.22. The lowest BCUT2D eigenvalue weighted by Crippen LogP contribution is -2.48. The fourth-order valence-electron chi connectivity index (χ4n) is 3.52. The fraction of sp³-hybridized carbons (Fsp3) is 0.500. The molecule has 150 valence electrons. The zero-order valence-electron chi connectivity index (χ0n) is 16.1. The Kier molecular flexibility index (Phi) is 5.96. The first-order valence-electron chi connectivity index (χ1n) is 9.40. The number of rotatable bonds is 5. The highest BCUT2D eigenvalue weighted by molar-refractivity contribution is 6.04. The summed E-state index contributed by atoms with van der Waals surface area (Å²) in [6.07, 6.45) is 1.43. The molecule has 2 heterocycles. The number of benzene rings is 1. The number of ether oxygens (including phenoxy) is 2. The first-order valence-corrected chi connectivity index (χ1v) is 9.40. The number of nitrogens with zero attached hydrogens (tertiary/aromatic N) is 2. The van der Waals surface area contributed by atoms with Crippen LogP contribution in [0.25, 0.3) is 0 Å². The number of esters is 1. The zero-order chi connectivity index (χ0) is 20.3. The lowest BCUT2D eigenvalue weighted by Gasteiger charge is -2.34. The summed E-state index contributed by atoms with van der Waals surface area (Å²) in [6, 6.07) is 4.93. The Morgan fingerprint density at radius 2 is 1.93 bits per heavy atom. The maximum atomic E-state index is 12.8. The highest BCUT2D eigenvalue weighted by Crippen LogP contribution is 2.33. The second-order valence-corrected chi connectivity index (χ2v) is 6.91. The standard InChI is InChI=1S/C20H24N2O6/c1-3-16(23)14-4-5-17-15(10-14)22(19(25)12-28-17)11-18(24)21-8-6-13(7-9-21)20(26)27-2/h4-5,10,13H,3,6-9,11-12H2,1-2H3. The molecule has 1 aromatic carbocycles. The van der Waals surface area contributed by atoms with Gasteiger partial charge in [0.2, 0.25) is 5.91 Å². The smallest absolute Gasteiger partial charge is 0.308 e. The van der Waals surface area contributed by atoms with Gasteiger partial charge in [-0.25, -0.2) is 0 Å². The van der Waals surface area contributed by atoms with E-state index in [1.807, 2.05) is 0 Å². The number of hydrogen-bond acceptors (Lipinski definition) is 6. The van der Waals surface area contributed by atoms with Crippen LogP contribution in [0.2, 0.25) is 0 Å². The average Bonchev–Trinajstić information content (AvgIpc) is 2.74. The number of anilines is 1. The number of methoxy groups -OCH3 is 1. The van der Waals surface area contributed by atoms with Gasteiger partial charge in [-0.2, -0.15) is 0 Å². The van der Waals surface area contributed by atoms with Gasteiger partial charge in [-0.1, -0.05) is 6.92 Å². The highest BCUT2D eigenvalue weighted by Gasteiger charge is 2.32. The highest BCUT2D eigenvalue weighted by atomic mass is 16.5.